The Hall–Kier alpha value is -0.0300. The van der Waals surface area contributed by atoms with Crippen LogP contribution >= 0.6 is 10.6 Å². The van der Waals surface area contributed by atoms with Crippen LogP contribution in [0.3, 0.4) is 0 Å². The lowest BCUT2D eigenvalue weighted by Crippen LogP contribution is -2.41. The van der Waals surface area contributed by atoms with Crippen molar-refractivity contribution < 1.29 is 9.11 Å². The molecular weight excluding hydrogens is 198 g/mol. The Kier molecular flexibility index (Phi) is 2.88. The van der Waals surface area contributed by atoms with Crippen molar-refractivity contribution in [2.75, 3.05) is 18.8 Å². The minimum Gasteiger partial charge on any atom is -0.295 e. The summed E-state index contributed by atoms with van der Waals surface area (Å²) >= 11 is 0. The summed E-state index contributed by atoms with van der Waals surface area (Å²) < 4.78 is 18.9. The van der Waals surface area contributed by atoms with E-state index in [1.165, 1.54) is 12.8 Å². The van der Waals surface area contributed by atoms with Gasteiger partial charge in [0.2, 0.25) is 0 Å². The lowest BCUT2D eigenvalue weighted by atomic mass is 9.98. The zero-order chi connectivity index (χ0) is 10.2. The molecule has 2 rings (SSSR count). The molecule has 14 heavy (non-hydrogen) atoms. The second kappa shape index (κ2) is 3.85. The quantitative estimate of drug-likeness (QED) is 0.708. The van der Waals surface area contributed by atoms with Gasteiger partial charge in [-0.05, 0) is 31.8 Å². The molecule has 0 radical (unpaired) electrons. The highest BCUT2D eigenvalue weighted by atomic mass is 32.3. The first kappa shape index (κ1) is 10.5. The van der Waals surface area contributed by atoms with Crippen LogP contribution in [-0.2, 0) is 0 Å². The van der Waals surface area contributed by atoms with E-state index in [0.29, 0.717) is 5.75 Å². The summed E-state index contributed by atoms with van der Waals surface area (Å²) in [5.41, 5.74) is 0. The van der Waals surface area contributed by atoms with Gasteiger partial charge in [-0.2, -0.15) is 10.6 Å². The second-order valence-corrected chi connectivity index (χ2v) is 6.54. The van der Waals surface area contributed by atoms with Crippen molar-refractivity contribution in [2.45, 2.75) is 25.8 Å². The molecule has 0 aromatic carbocycles. The number of hydrogen-bond acceptors (Lipinski definition) is 3. The van der Waals surface area contributed by atoms with E-state index in [4.69, 9.17) is 0 Å². The lowest BCUT2D eigenvalue weighted by molar-refractivity contribution is 0.171. The summed E-state index contributed by atoms with van der Waals surface area (Å²) in [6, 6.07) is 0.271. The number of likely N-dealkylation sites (tertiary alicyclic amines) is 1. The summed E-state index contributed by atoms with van der Waals surface area (Å²) in [5.74, 6) is 1.35. The number of rotatable bonds is 1. The minimum absolute atomic E-state index is 0.271. The monoisotopic (exact) mass is 217 g/mol. The largest absolute Gasteiger partial charge is 0.295 e. The van der Waals surface area contributed by atoms with Crippen molar-refractivity contribution in [2.24, 2.45) is 5.92 Å². The fourth-order valence-corrected chi connectivity index (χ4v) is 3.54. The van der Waals surface area contributed by atoms with E-state index in [9.17, 15) is 9.11 Å². The number of piperidine rings is 1. The molecule has 0 saturated carbocycles. The van der Waals surface area contributed by atoms with Gasteiger partial charge in [-0.15, -0.1) is 0 Å². The third-order valence-corrected chi connectivity index (χ3v) is 4.65. The van der Waals surface area contributed by atoms with Crippen molar-refractivity contribution >= 4 is 10.6 Å². The van der Waals surface area contributed by atoms with Gasteiger partial charge in [0, 0.05) is 11.4 Å². The molecular formula is C10H19NO2S. The Morgan fingerprint density at radius 3 is 2.43 bits per heavy atom. The number of hydrogen-bond donors (Lipinski definition) is 2. The van der Waals surface area contributed by atoms with Gasteiger partial charge in [0.25, 0.3) is 0 Å². The van der Waals surface area contributed by atoms with Crippen LogP contribution in [0.15, 0.2) is 11.5 Å². The molecule has 2 N–H and O–H groups in total. The van der Waals surface area contributed by atoms with Crippen molar-refractivity contribution in [3.05, 3.63) is 11.5 Å². The molecule has 0 aliphatic carbocycles. The first-order valence-corrected chi connectivity index (χ1v) is 7.03. The van der Waals surface area contributed by atoms with Gasteiger partial charge in [-0.3, -0.25) is 14.0 Å². The molecule has 82 valence electrons. The van der Waals surface area contributed by atoms with E-state index in [1.807, 2.05) is 6.08 Å². The van der Waals surface area contributed by atoms with Crippen LogP contribution in [-0.4, -0.2) is 38.9 Å². The first-order valence-electron chi connectivity index (χ1n) is 5.25. The molecule has 0 amide bonds. The fraction of sp³-hybridized carbons (Fsp3) is 0.800. The van der Waals surface area contributed by atoms with Crippen LogP contribution in [0.25, 0.3) is 0 Å². The summed E-state index contributed by atoms with van der Waals surface area (Å²) in [6.45, 7) is 4.49. The molecule has 1 fully saturated rings. The third-order valence-electron chi connectivity index (χ3n) is 3.22. The molecule has 2 aliphatic rings. The van der Waals surface area contributed by atoms with E-state index in [-0.39, 0.29) is 6.04 Å². The third kappa shape index (κ3) is 2.31. The predicted octanol–water partition coefficient (Wildman–Crippen LogP) is 2.36. The average molecular weight is 217 g/mol. The molecule has 1 atom stereocenters. The molecule has 0 aromatic heterocycles. The normalized spacial score (nSPS) is 36.1. The topological polar surface area (TPSA) is 43.7 Å². The highest BCUT2D eigenvalue weighted by molar-refractivity contribution is 8.27. The maximum atomic E-state index is 9.47. The zero-order valence-electron chi connectivity index (χ0n) is 8.59. The summed E-state index contributed by atoms with van der Waals surface area (Å²) in [4.78, 5) is 2.37. The maximum absolute atomic E-state index is 9.47. The average Bonchev–Trinajstić information content (AvgIpc) is 2.47. The van der Waals surface area contributed by atoms with Crippen LogP contribution in [0, 0.1) is 5.92 Å². The standard InChI is InChI=1S/C10H19NO2S/c1-9-2-5-11(6-3-9)10-4-7-14(12,13)8-10/h4,7,9-10,12-13H,2-3,5-6,8H2,1H3. The summed E-state index contributed by atoms with van der Waals surface area (Å²) in [5, 5.41) is 1.59. The van der Waals surface area contributed by atoms with Crippen LogP contribution in [0.4, 0.5) is 0 Å². The molecule has 0 aromatic rings. The second-order valence-electron chi connectivity index (χ2n) is 4.50. The molecule has 0 spiro atoms. The van der Waals surface area contributed by atoms with Crippen molar-refractivity contribution in [3.63, 3.8) is 0 Å². The van der Waals surface area contributed by atoms with Gasteiger partial charge < -0.3 is 0 Å². The molecule has 1 saturated heterocycles. The van der Waals surface area contributed by atoms with Crippen LogP contribution in [0.2, 0.25) is 0 Å². The van der Waals surface area contributed by atoms with Crippen molar-refractivity contribution in [1.82, 2.24) is 4.90 Å². The van der Waals surface area contributed by atoms with Crippen LogP contribution in [0.1, 0.15) is 19.8 Å². The van der Waals surface area contributed by atoms with E-state index < -0.39 is 10.6 Å². The SMILES string of the molecule is CC1CCN(C2C=CS(O)(O)C2)CC1. The molecule has 3 nitrogen and oxygen atoms in total. The maximum Gasteiger partial charge on any atom is 0.0610 e. The lowest BCUT2D eigenvalue weighted by Gasteiger charge is -2.35. The Morgan fingerprint density at radius 1 is 1.29 bits per heavy atom. The van der Waals surface area contributed by atoms with Gasteiger partial charge in [0.05, 0.1) is 5.75 Å². The van der Waals surface area contributed by atoms with Gasteiger partial charge >= 0.3 is 0 Å². The van der Waals surface area contributed by atoms with Gasteiger partial charge in [-0.25, -0.2) is 0 Å². The van der Waals surface area contributed by atoms with Crippen molar-refractivity contribution in [3.8, 4) is 0 Å². The van der Waals surface area contributed by atoms with E-state index >= 15 is 0 Å². The minimum atomic E-state index is -2.38. The van der Waals surface area contributed by atoms with E-state index in [2.05, 4.69) is 11.8 Å². The Bertz CT molecular complexity index is 234. The molecule has 2 aliphatic heterocycles. The molecule has 4 heteroatoms. The molecule has 2 heterocycles. The van der Waals surface area contributed by atoms with Gasteiger partial charge in [-0.1, -0.05) is 13.0 Å². The van der Waals surface area contributed by atoms with Gasteiger partial charge in [0.15, 0.2) is 0 Å². The fourth-order valence-electron chi connectivity index (χ4n) is 2.17. The van der Waals surface area contributed by atoms with E-state index in [1.54, 1.807) is 5.41 Å². The predicted molar refractivity (Wildman–Crippen MR) is 60.6 cm³/mol. The van der Waals surface area contributed by atoms with Crippen LogP contribution < -0.4 is 0 Å². The first-order chi connectivity index (χ1) is 6.57. The summed E-state index contributed by atoms with van der Waals surface area (Å²) in [7, 11) is -2.38. The smallest absolute Gasteiger partial charge is 0.0610 e. The highest BCUT2D eigenvalue weighted by Gasteiger charge is 2.29. The Balaban J connectivity index is 1.89. The summed E-state index contributed by atoms with van der Waals surface area (Å²) in [6.07, 6.45) is 4.44. The highest BCUT2D eigenvalue weighted by Crippen LogP contribution is 2.46. The van der Waals surface area contributed by atoms with Crippen LogP contribution in [0.5, 0.6) is 0 Å². The molecule has 1 unspecified atom stereocenters. The van der Waals surface area contributed by atoms with Gasteiger partial charge in [0.1, 0.15) is 0 Å². The number of nitrogens with zero attached hydrogens (tertiary/aromatic N) is 1. The van der Waals surface area contributed by atoms with Crippen molar-refractivity contribution in [1.29, 1.82) is 0 Å². The Labute approximate surface area is 87.1 Å². The Morgan fingerprint density at radius 2 is 1.93 bits per heavy atom. The van der Waals surface area contributed by atoms with E-state index in [0.717, 1.165) is 19.0 Å². The molecule has 0 bridgehead atoms. The zero-order valence-corrected chi connectivity index (χ0v) is 9.41.